The van der Waals surface area contributed by atoms with Crippen LogP contribution >= 0.6 is 11.6 Å². The average Bonchev–Trinajstić information content (AvgIpc) is 2.86. The number of hydrogen-bond donors (Lipinski definition) is 1. The van der Waals surface area contributed by atoms with Crippen LogP contribution in [0.5, 0.6) is 0 Å². The molecule has 0 atom stereocenters. The van der Waals surface area contributed by atoms with Crippen LogP contribution in [-0.2, 0) is 11.3 Å². The first-order valence-corrected chi connectivity index (χ1v) is 8.45. The summed E-state index contributed by atoms with van der Waals surface area (Å²) in [5, 5.41) is 6.74. The quantitative estimate of drug-likeness (QED) is 0.879. The second-order valence-electron chi connectivity index (χ2n) is 5.73. The van der Waals surface area contributed by atoms with Crippen molar-refractivity contribution in [3.63, 3.8) is 0 Å². The molecule has 0 aliphatic carbocycles. The fraction of sp³-hybridized carbons (Fsp3) is 0.467. The number of halogens is 1. The van der Waals surface area contributed by atoms with Gasteiger partial charge in [-0.1, -0.05) is 24.4 Å². The zero-order valence-electron chi connectivity index (χ0n) is 13.6. The Kier molecular flexibility index (Phi) is 5.54. The van der Waals surface area contributed by atoms with Gasteiger partial charge in [0.2, 0.25) is 11.9 Å². The summed E-state index contributed by atoms with van der Waals surface area (Å²) in [6.07, 6.45) is 8.35. The third-order valence-corrected chi connectivity index (χ3v) is 4.18. The Morgan fingerprint density at radius 1 is 1.16 bits per heavy atom. The highest BCUT2D eigenvalue weighted by Gasteiger charge is 2.18. The van der Waals surface area contributed by atoms with E-state index in [9.17, 15) is 9.59 Å². The monoisotopic (exact) mass is 363 g/mol. The van der Waals surface area contributed by atoms with Gasteiger partial charge in [-0.2, -0.15) is 0 Å². The zero-order chi connectivity index (χ0) is 17.6. The Morgan fingerprint density at radius 3 is 2.64 bits per heavy atom. The number of amides is 2. The fourth-order valence-corrected chi connectivity index (χ4v) is 2.82. The van der Waals surface area contributed by atoms with E-state index in [4.69, 9.17) is 11.6 Å². The summed E-state index contributed by atoms with van der Waals surface area (Å²) in [5.41, 5.74) is 0.0358. The Labute approximate surface area is 149 Å². The van der Waals surface area contributed by atoms with Crippen molar-refractivity contribution in [2.24, 2.45) is 0 Å². The first-order valence-electron chi connectivity index (χ1n) is 8.07. The van der Waals surface area contributed by atoms with Gasteiger partial charge in [0.1, 0.15) is 19.2 Å². The molecular formula is C15H18ClN7O2. The van der Waals surface area contributed by atoms with Crippen LogP contribution in [0.1, 0.15) is 36.2 Å². The molecule has 2 aromatic heterocycles. The van der Waals surface area contributed by atoms with Gasteiger partial charge in [0.15, 0.2) is 5.69 Å². The largest absolute Gasteiger partial charge is 0.341 e. The molecule has 2 aromatic rings. The number of likely N-dealkylation sites (tertiary alicyclic amines) is 1. The van der Waals surface area contributed by atoms with Crippen molar-refractivity contribution in [2.45, 2.75) is 32.2 Å². The zero-order valence-corrected chi connectivity index (χ0v) is 14.3. The lowest BCUT2D eigenvalue weighted by Gasteiger charge is -2.19. The van der Waals surface area contributed by atoms with Crippen LogP contribution in [0.25, 0.3) is 0 Å². The van der Waals surface area contributed by atoms with E-state index in [2.05, 4.69) is 25.4 Å². The maximum absolute atomic E-state index is 12.3. The Morgan fingerprint density at radius 2 is 1.92 bits per heavy atom. The number of hydrogen-bond acceptors (Lipinski definition) is 6. The molecule has 1 aliphatic rings. The summed E-state index contributed by atoms with van der Waals surface area (Å²) in [4.78, 5) is 37.8. The minimum Gasteiger partial charge on any atom is -0.341 e. The van der Waals surface area contributed by atoms with Crippen LogP contribution in [0.4, 0.5) is 5.95 Å². The summed E-state index contributed by atoms with van der Waals surface area (Å²) in [6.45, 7) is 1.66. The van der Waals surface area contributed by atoms with E-state index in [0.29, 0.717) is 0 Å². The molecule has 0 bridgehead atoms. The van der Waals surface area contributed by atoms with Crippen molar-refractivity contribution in [1.29, 1.82) is 0 Å². The molecule has 0 radical (unpaired) electrons. The highest BCUT2D eigenvalue weighted by molar-refractivity contribution is 6.33. The highest BCUT2D eigenvalue weighted by Crippen LogP contribution is 2.12. The van der Waals surface area contributed by atoms with Gasteiger partial charge in [-0.05, 0) is 12.8 Å². The number of rotatable bonds is 4. The first-order chi connectivity index (χ1) is 12.1. The van der Waals surface area contributed by atoms with Crippen LogP contribution in [0.15, 0.2) is 18.9 Å². The molecule has 0 unspecified atom stereocenters. The molecular weight excluding hydrogens is 346 g/mol. The molecule has 3 heterocycles. The van der Waals surface area contributed by atoms with Gasteiger partial charge in [-0.3, -0.25) is 14.9 Å². The van der Waals surface area contributed by atoms with E-state index in [1.807, 2.05) is 4.90 Å². The smallest absolute Gasteiger partial charge is 0.278 e. The summed E-state index contributed by atoms with van der Waals surface area (Å²) in [5.74, 6) is -0.448. The summed E-state index contributed by atoms with van der Waals surface area (Å²) >= 11 is 5.88. The molecule has 0 spiro atoms. The number of anilines is 1. The molecule has 0 aromatic carbocycles. The fourth-order valence-electron chi connectivity index (χ4n) is 2.63. The average molecular weight is 364 g/mol. The van der Waals surface area contributed by atoms with E-state index < -0.39 is 5.91 Å². The number of carbonyl (C=O) groups is 2. The number of carbonyl (C=O) groups excluding carboxylic acids is 2. The lowest BCUT2D eigenvalue weighted by atomic mass is 10.2. The standard InChI is InChI=1S/C15H18ClN7O2/c16-11-7-17-9-18-13(11)14(25)20-15-19-10-23(21-15)8-12(24)22-5-3-1-2-4-6-22/h7,9-10H,1-6,8H2,(H,20,21,25). The topological polar surface area (TPSA) is 106 Å². The van der Waals surface area contributed by atoms with Crippen LogP contribution in [-0.4, -0.2) is 54.5 Å². The van der Waals surface area contributed by atoms with E-state index in [1.54, 1.807) is 0 Å². The lowest BCUT2D eigenvalue weighted by molar-refractivity contribution is -0.132. The maximum Gasteiger partial charge on any atom is 0.278 e. The van der Waals surface area contributed by atoms with E-state index in [1.165, 1.54) is 23.5 Å². The molecule has 9 nitrogen and oxygen atoms in total. The summed E-state index contributed by atoms with van der Waals surface area (Å²) in [7, 11) is 0. The second-order valence-corrected chi connectivity index (χ2v) is 6.14. The predicted octanol–water partition coefficient (Wildman–Crippen LogP) is 1.38. The van der Waals surface area contributed by atoms with Crippen molar-refractivity contribution in [3.05, 3.63) is 29.6 Å². The number of nitrogens with zero attached hydrogens (tertiary/aromatic N) is 6. The minimum absolute atomic E-state index is 0.00326. The first kappa shape index (κ1) is 17.3. The van der Waals surface area contributed by atoms with Gasteiger partial charge in [0, 0.05) is 19.3 Å². The SMILES string of the molecule is O=C(Nc1ncn(CC(=O)N2CCCCCC2)n1)c1ncncc1Cl. The summed E-state index contributed by atoms with van der Waals surface area (Å²) in [6, 6.07) is 0. The molecule has 1 aliphatic heterocycles. The molecule has 132 valence electrons. The molecule has 10 heteroatoms. The predicted molar refractivity (Wildman–Crippen MR) is 90.1 cm³/mol. The van der Waals surface area contributed by atoms with Gasteiger partial charge >= 0.3 is 0 Å². The molecule has 0 saturated carbocycles. The molecule has 1 N–H and O–H groups in total. The van der Waals surface area contributed by atoms with Crippen LogP contribution in [0, 0.1) is 0 Å². The van der Waals surface area contributed by atoms with Gasteiger partial charge in [0.25, 0.3) is 5.91 Å². The Balaban J connectivity index is 1.59. The van der Waals surface area contributed by atoms with Crippen molar-refractivity contribution in [2.75, 3.05) is 18.4 Å². The van der Waals surface area contributed by atoms with E-state index in [0.717, 1.165) is 38.8 Å². The van der Waals surface area contributed by atoms with Crippen molar-refractivity contribution in [3.8, 4) is 0 Å². The van der Waals surface area contributed by atoms with E-state index in [-0.39, 0.29) is 29.1 Å². The minimum atomic E-state index is -0.538. The lowest BCUT2D eigenvalue weighted by Crippen LogP contribution is -2.34. The molecule has 3 rings (SSSR count). The third-order valence-electron chi connectivity index (χ3n) is 3.90. The van der Waals surface area contributed by atoms with Crippen LogP contribution in [0.3, 0.4) is 0 Å². The Bertz CT molecular complexity index is 756. The highest BCUT2D eigenvalue weighted by atomic mass is 35.5. The third kappa shape index (κ3) is 4.50. The van der Waals surface area contributed by atoms with Crippen molar-refractivity contribution < 1.29 is 9.59 Å². The number of aromatic nitrogens is 5. The Hall–Kier alpha value is -2.55. The summed E-state index contributed by atoms with van der Waals surface area (Å²) < 4.78 is 1.41. The van der Waals surface area contributed by atoms with Gasteiger partial charge in [0.05, 0.1) is 5.02 Å². The molecule has 1 fully saturated rings. The second kappa shape index (κ2) is 8.02. The van der Waals surface area contributed by atoms with Gasteiger partial charge < -0.3 is 4.90 Å². The normalized spacial score (nSPS) is 14.8. The molecule has 1 saturated heterocycles. The molecule has 25 heavy (non-hydrogen) atoms. The maximum atomic E-state index is 12.3. The van der Waals surface area contributed by atoms with Crippen LogP contribution in [0.2, 0.25) is 5.02 Å². The van der Waals surface area contributed by atoms with Gasteiger partial charge in [-0.25, -0.2) is 19.6 Å². The van der Waals surface area contributed by atoms with Gasteiger partial charge in [-0.15, -0.1) is 5.10 Å². The van der Waals surface area contributed by atoms with Crippen molar-refractivity contribution in [1.82, 2.24) is 29.6 Å². The van der Waals surface area contributed by atoms with Crippen LogP contribution < -0.4 is 5.32 Å². The molecule has 2 amide bonds. The van der Waals surface area contributed by atoms with E-state index >= 15 is 0 Å². The van der Waals surface area contributed by atoms with Crippen molar-refractivity contribution >= 4 is 29.4 Å². The number of nitrogens with one attached hydrogen (secondary N) is 1.